The third kappa shape index (κ3) is 7.31. The Morgan fingerprint density at radius 3 is 2.76 bits per heavy atom. The molecule has 1 heterocycles. The number of halogens is 2. The standard InChI is InChI=1S/C17H24BrN5O.HI/c1-4-19-17(20-11-7-10-16-21-13(2)22-24-16)23(3)12-14-8-5-6-9-15(14)18;/h5-6,8-9H,4,7,10-12H2,1-3H3,(H,19,20);1H. The molecule has 0 unspecified atom stereocenters. The minimum absolute atomic E-state index is 0. The number of aryl methyl sites for hydroxylation is 2. The predicted molar refractivity (Wildman–Crippen MR) is 114 cm³/mol. The first kappa shape index (κ1) is 21.9. The molecule has 1 N–H and O–H groups in total. The molecule has 0 saturated heterocycles. The summed E-state index contributed by atoms with van der Waals surface area (Å²) >= 11 is 3.59. The molecule has 0 amide bonds. The van der Waals surface area contributed by atoms with Gasteiger partial charge < -0.3 is 14.7 Å². The first-order valence-corrected chi connectivity index (χ1v) is 8.91. The normalized spacial score (nSPS) is 11.1. The fourth-order valence-electron chi connectivity index (χ4n) is 2.28. The van der Waals surface area contributed by atoms with Gasteiger partial charge in [-0.3, -0.25) is 4.99 Å². The average molecular weight is 522 g/mol. The van der Waals surface area contributed by atoms with Crippen molar-refractivity contribution < 1.29 is 4.52 Å². The smallest absolute Gasteiger partial charge is 0.226 e. The predicted octanol–water partition coefficient (Wildman–Crippen LogP) is 3.79. The van der Waals surface area contributed by atoms with Crippen molar-refractivity contribution in [3.05, 3.63) is 46.0 Å². The molecule has 0 atom stereocenters. The molecule has 8 heteroatoms. The lowest BCUT2D eigenvalue weighted by molar-refractivity contribution is 0.372. The van der Waals surface area contributed by atoms with Crippen molar-refractivity contribution in [3.63, 3.8) is 0 Å². The highest BCUT2D eigenvalue weighted by atomic mass is 127. The topological polar surface area (TPSA) is 66.5 Å². The molecule has 2 rings (SSSR count). The Labute approximate surface area is 174 Å². The first-order chi connectivity index (χ1) is 11.6. The summed E-state index contributed by atoms with van der Waals surface area (Å²) in [4.78, 5) is 11.0. The van der Waals surface area contributed by atoms with E-state index in [1.165, 1.54) is 5.56 Å². The van der Waals surface area contributed by atoms with E-state index in [0.717, 1.165) is 36.4 Å². The monoisotopic (exact) mass is 521 g/mol. The first-order valence-electron chi connectivity index (χ1n) is 8.12. The van der Waals surface area contributed by atoms with Gasteiger partial charge in [-0.1, -0.05) is 39.3 Å². The van der Waals surface area contributed by atoms with Crippen LogP contribution in [0.1, 0.15) is 30.6 Å². The molecule has 0 aliphatic carbocycles. The number of guanidine groups is 1. The number of nitrogens with one attached hydrogen (secondary N) is 1. The molecule has 25 heavy (non-hydrogen) atoms. The van der Waals surface area contributed by atoms with Crippen molar-refractivity contribution in [2.45, 2.75) is 33.2 Å². The van der Waals surface area contributed by atoms with Crippen LogP contribution in [0.2, 0.25) is 0 Å². The maximum atomic E-state index is 5.12. The van der Waals surface area contributed by atoms with Crippen LogP contribution in [-0.4, -0.2) is 41.1 Å². The molecule has 0 aliphatic rings. The lowest BCUT2D eigenvalue weighted by Gasteiger charge is -2.22. The molecule has 0 fully saturated rings. The SMILES string of the molecule is CCNC(=NCCCc1nc(C)no1)N(C)Cc1ccccc1Br.I. The van der Waals surface area contributed by atoms with E-state index in [9.17, 15) is 0 Å². The van der Waals surface area contributed by atoms with Crippen LogP contribution in [-0.2, 0) is 13.0 Å². The summed E-state index contributed by atoms with van der Waals surface area (Å²) in [5, 5.41) is 7.13. The highest BCUT2D eigenvalue weighted by molar-refractivity contribution is 14.0. The summed E-state index contributed by atoms with van der Waals surface area (Å²) in [6, 6.07) is 8.23. The van der Waals surface area contributed by atoms with Gasteiger partial charge in [0.2, 0.25) is 5.89 Å². The zero-order valence-corrected chi connectivity index (χ0v) is 18.7. The van der Waals surface area contributed by atoms with Gasteiger partial charge in [0.15, 0.2) is 11.8 Å². The lowest BCUT2D eigenvalue weighted by atomic mass is 10.2. The van der Waals surface area contributed by atoms with E-state index in [1.54, 1.807) is 0 Å². The molecule has 6 nitrogen and oxygen atoms in total. The molecule has 0 bridgehead atoms. The van der Waals surface area contributed by atoms with Gasteiger partial charge in [-0.15, -0.1) is 24.0 Å². The van der Waals surface area contributed by atoms with Crippen LogP contribution in [0.3, 0.4) is 0 Å². The van der Waals surface area contributed by atoms with E-state index in [2.05, 4.69) is 60.3 Å². The van der Waals surface area contributed by atoms with Gasteiger partial charge in [-0.05, 0) is 31.9 Å². The molecular weight excluding hydrogens is 497 g/mol. The van der Waals surface area contributed by atoms with E-state index in [4.69, 9.17) is 4.52 Å². The van der Waals surface area contributed by atoms with Crippen molar-refractivity contribution in [3.8, 4) is 0 Å². The minimum atomic E-state index is 0. The maximum Gasteiger partial charge on any atom is 0.226 e. The number of rotatable bonds is 7. The number of aliphatic imine (C=N–C) groups is 1. The second-order valence-electron chi connectivity index (χ2n) is 5.52. The third-order valence-corrected chi connectivity index (χ3v) is 4.22. The summed E-state index contributed by atoms with van der Waals surface area (Å²) in [5.74, 6) is 2.25. The number of nitrogens with zero attached hydrogens (tertiary/aromatic N) is 4. The Bertz CT molecular complexity index is 677. The van der Waals surface area contributed by atoms with Crippen molar-refractivity contribution in [2.75, 3.05) is 20.1 Å². The molecule has 0 saturated carbocycles. The largest absolute Gasteiger partial charge is 0.357 e. The molecule has 1 aromatic carbocycles. The Balaban J connectivity index is 0.00000312. The van der Waals surface area contributed by atoms with E-state index >= 15 is 0 Å². The Morgan fingerprint density at radius 1 is 1.36 bits per heavy atom. The third-order valence-electron chi connectivity index (χ3n) is 3.44. The van der Waals surface area contributed by atoms with Gasteiger partial charge in [-0.25, -0.2) is 0 Å². The second-order valence-corrected chi connectivity index (χ2v) is 6.38. The van der Waals surface area contributed by atoms with Crippen LogP contribution in [0, 0.1) is 6.92 Å². The highest BCUT2D eigenvalue weighted by Gasteiger charge is 2.08. The van der Waals surface area contributed by atoms with Gasteiger partial charge in [0.25, 0.3) is 0 Å². The zero-order chi connectivity index (χ0) is 17.4. The van der Waals surface area contributed by atoms with Gasteiger partial charge in [0.05, 0.1) is 0 Å². The quantitative estimate of drug-likeness (QED) is 0.260. The van der Waals surface area contributed by atoms with Crippen molar-refractivity contribution in [1.82, 2.24) is 20.4 Å². The maximum absolute atomic E-state index is 5.12. The lowest BCUT2D eigenvalue weighted by Crippen LogP contribution is -2.38. The van der Waals surface area contributed by atoms with Crippen LogP contribution in [0.4, 0.5) is 0 Å². The second kappa shape index (κ2) is 11.5. The van der Waals surface area contributed by atoms with Gasteiger partial charge >= 0.3 is 0 Å². The fourth-order valence-corrected chi connectivity index (χ4v) is 2.69. The van der Waals surface area contributed by atoms with Crippen LogP contribution < -0.4 is 5.32 Å². The van der Waals surface area contributed by atoms with Crippen molar-refractivity contribution in [2.24, 2.45) is 4.99 Å². The highest BCUT2D eigenvalue weighted by Crippen LogP contribution is 2.17. The number of hydrogen-bond acceptors (Lipinski definition) is 4. The summed E-state index contributed by atoms with van der Waals surface area (Å²) < 4.78 is 6.23. The molecule has 0 aliphatic heterocycles. The minimum Gasteiger partial charge on any atom is -0.357 e. The summed E-state index contributed by atoms with van der Waals surface area (Å²) in [6.45, 7) is 6.23. The van der Waals surface area contributed by atoms with E-state index in [0.29, 0.717) is 18.3 Å². The van der Waals surface area contributed by atoms with E-state index in [1.807, 2.05) is 26.1 Å². The van der Waals surface area contributed by atoms with Gasteiger partial charge in [-0.2, -0.15) is 4.98 Å². The summed E-state index contributed by atoms with van der Waals surface area (Å²) in [5.41, 5.74) is 1.23. The number of aromatic nitrogens is 2. The Morgan fingerprint density at radius 2 is 2.12 bits per heavy atom. The summed E-state index contributed by atoms with van der Waals surface area (Å²) in [6.07, 6.45) is 1.62. The van der Waals surface area contributed by atoms with Gasteiger partial charge in [0.1, 0.15) is 0 Å². The molecule has 1 aromatic heterocycles. The Kier molecular flexibility index (Phi) is 10.0. The number of benzene rings is 1. The molecule has 2 aromatic rings. The van der Waals surface area contributed by atoms with Crippen molar-refractivity contribution >= 4 is 45.9 Å². The average Bonchev–Trinajstić information content (AvgIpc) is 2.98. The molecule has 138 valence electrons. The van der Waals surface area contributed by atoms with Crippen LogP contribution >= 0.6 is 39.9 Å². The van der Waals surface area contributed by atoms with Crippen LogP contribution in [0.5, 0.6) is 0 Å². The molecule has 0 spiro atoms. The molecule has 0 radical (unpaired) electrons. The van der Waals surface area contributed by atoms with Crippen molar-refractivity contribution in [1.29, 1.82) is 0 Å². The fraction of sp³-hybridized carbons (Fsp3) is 0.471. The summed E-state index contributed by atoms with van der Waals surface area (Å²) in [7, 11) is 2.04. The zero-order valence-electron chi connectivity index (χ0n) is 14.8. The van der Waals surface area contributed by atoms with Crippen LogP contribution in [0.15, 0.2) is 38.3 Å². The van der Waals surface area contributed by atoms with Crippen LogP contribution in [0.25, 0.3) is 0 Å². The Hall–Kier alpha value is -1.16. The van der Waals surface area contributed by atoms with E-state index in [-0.39, 0.29) is 24.0 Å². The van der Waals surface area contributed by atoms with E-state index < -0.39 is 0 Å². The molecular formula is C17H25BrIN5O. The number of hydrogen-bond donors (Lipinski definition) is 1. The van der Waals surface area contributed by atoms with Gasteiger partial charge in [0, 0.05) is 37.6 Å².